The molecule has 0 aromatic carbocycles. The van der Waals surface area contributed by atoms with E-state index in [9.17, 15) is 0 Å². The van der Waals surface area contributed by atoms with Crippen molar-refractivity contribution in [2.24, 2.45) is 5.92 Å². The molecule has 0 spiro atoms. The van der Waals surface area contributed by atoms with Crippen LogP contribution < -0.4 is 0 Å². The van der Waals surface area contributed by atoms with Gasteiger partial charge < -0.3 is 4.74 Å². The molecule has 0 aliphatic carbocycles. The molecule has 0 saturated carbocycles. The molecule has 0 aromatic rings. The summed E-state index contributed by atoms with van der Waals surface area (Å²) in [6, 6.07) is 0. The Balaban J connectivity index is 2.19. The fourth-order valence-electron chi connectivity index (χ4n) is 4.10. The summed E-state index contributed by atoms with van der Waals surface area (Å²) in [6.45, 7) is 19.8. The maximum atomic E-state index is 5.68. The molecule has 1 atom stereocenters. The molecule has 1 rings (SSSR count). The summed E-state index contributed by atoms with van der Waals surface area (Å²) < 4.78 is 5.68. The van der Waals surface area contributed by atoms with Crippen LogP contribution in [0.5, 0.6) is 0 Å². The quantitative estimate of drug-likeness (QED) is 0.0948. The first-order valence-corrected chi connectivity index (χ1v) is 13.1. The summed E-state index contributed by atoms with van der Waals surface area (Å²) in [4.78, 5) is 0. The molecule has 0 N–H and O–H groups in total. The molecule has 1 heterocycles. The topological polar surface area (TPSA) is 12.5 Å². The molecule has 0 bridgehead atoms. The van der Waals surface area contributed by atoms with E-state index in [4.69, 9.17) is 4.74 Å². The van der Waals surface area contributed by atoms with Crippen molar-refractivity contribution in [3.8, 4) is 0 Å². The first-order chi connectivity index (χ1) is 15.1. The summed E-state index contributed by atoms with van der Waals surface area (Å²) in [5.74, 6) is 0.796. The normalized spacial score (nSPS) is 19.6. The lowest BCUT2D eigenvalue weighted by Gasteiger charge is -2.06. The number of epoxide rings is 1. The van der Waals surface area contributed by atoms with Crippen molar-refractivity contribution >= 4 is 0 Å². The van der Waals surface area contributed by atoms with Crippen LogP contribution in [-0.2, 0) is 4.74 Å². The minimum absolute atomic E-state index is 0.130. The van der Waals surface area contributed by atoms with Crippen molar-refractivity contribution in [2.45, 2.75) is 131 Å². The Morgan fingerprint density at radius 2 is 1.31 bits per heavy atom. The minimum atomic E-state index is 0.130. The van der Waals surface area contributed by atoms with Gasteiger partial charge in [0, 0.05) is 0 Å². The van der Waals surface area contributed by atoms with Crippen molar-refractivity contribution in [1.82, 2.24) is 0 Å². The molecule has 0 aromatic heterocycles. The zero-order valence-corrected chi connectivity index (χ0v) is 22.4. The lowest BCUT2D eigenvalue weighted by atomic mass is 10.0. The summed E-state index contributed by atoms with van der Waals surface area (Å²) in [5.41, 5.74) is 6.10. The maximum absolute atomic E-state index is 5.68. The second-order valence-corrected chi connectivity index (χ2v) is 10.8. The Morgan fingerprint density at radius 1 is 0.812 bits per heavy atom. The number of unbranched alkanes of at least 4 members (excludes halogenated alkanes) is 1. The van der Waals surface area contributed by atoms with Crippen molar-refractivity contribution in [3.63, 3.8) is 0 Å². The van der Waals surface area contributed by atoms with E-state index < -0.39 is 0 Å². The van der Waals surface area contributed by atoms with E-state index in [1.165, 1.54) is 60.8 Å². The Morgan fingerprint density at radius 3 is 1.81 bits per heavy atom. The molecular formula is C31H52O. The van der Waals surface area contributed by atoms with Crippen LogP contribution in [0, 0.1) is 5.92 Å². The summed E-state index contributed by atoms with van der Waals surface area (Å²) in [6.07, 6.45) is 25.2. The number of hydrogen-bond acceptors (Lipinski definition) is 1. The van der Waals surface area contributed by atoms with Gasteiger partial charge in [-0.05, 0) is 105 Å². The number of ether oxygens (including phenoxy) is 1. The van der Waals surface area contributed by atoms with Crippen LogP contribution >= 0.6 is 0 Å². The first-order valence-electron chi connectivity index (χ1n) is 13.1. The fraction of sp³-hybridized carbons (Fsp3) is 0.677. The van der Waals surface area contributed by atoms with Gasteiger partial charge in [0.2, 0.25) is 0 Å². The highest BCUT2D eigenvalue weighted by atomic mass is 16.6. The monoisotopic (exact) mass is 440 g/mol. The van der Waals surface area contributed by atoms with Crippen LogP contribution in [0.25, 0.3) is 0 Å². The average molecular weight is 441 g/mol. The van der Waals surface area contributed by atoms with Crippen molar-refractivity contribution < 1.29 is 4.74 Å². The molecule has 0 amide bonds. The zero-order chi connectivity index (χ0) is 24.0. The van der Waals surface area contributed by atoms with Gasteiger partial charge in [-0.1, -0.05) is 79.5 Å². The van der Waals surface area contributed by atoms with Crippen LogP contribution in [0.2, 0.25) is 0 Å². The zero-order valence-electron chi connectivity index (χ0n) is 22.4. The Labute approximate surface area is 200 Å². The number of allylic oxidation sites excluding steroid dienone is 9. The Kier molecular flexibility index (Phi) is 13.9. The average Bonchev–Trinajstić information content (AvgIpc) is 3.34. The van der Waals surface area contributed by atoms with Crippen molar-refractivity contribution in [3.05, 3.63) is 59.3 Å². The molecule has 1 heteroatoms. The predicted molar refractivity (Wildman–Crippen MR) is 144 cm³/mol. The molecule has 1 aliphatic rings. The predicted octanol–water partition coefficient (Wildman–Crippen LogP) is 10.1. The molecule has 0 radical (unpaired) electrons. The third-order valence-electron chi connectivity index (χ3n) is 6.60. The number of rotatable bonds is 17. The van der Waals surface area contributed by atoms with Gasteiger partial charge in [0.15, 0.2) is 0 Å². The smallest absolute Gasteiger partial charge is 0.0892 e. The van der Waals surface area contributed by atoms with Gasteiger partial charge in [0.05, 0.1) is 11.7 Å². The summed E-state index contributed by atoms with van der Waals surface area (Å²) in [7, 11) is 0. The summed E-state index contributed by atoms with van der Waals surface area (Å²) >= 11 is 0. The van der Waals surface area contributed by atoms with Crippen LogP contribution in [0.4, 0.5) is 0 Å². The molecule has 32 heavy (non-hydrogen) atoms. The van der Waals surface area contributed by atoms with E-state index in [0.717, 1.165) is 38.0 Å². The first kappa shape index (κ1) is 28.7. The molecule has 1 fully saturated rings. The maximum Gasteiger partial charge on any atom is 0.0892 e. The van der Waals surface area contributed by atoms with E-state index in [1.54, 1.807) is 0 Å². The third kappa shape index (κ3) is 13.9. The van der Waals surface area contributed by atoms with E-state index in [1.807, 2.05) is 6.08 Å². The van der Waals surface area contributed by atoms with E-state index >= 15 is 0 Å². The lowest BCUT2D eigenvalue weighted by molar-refractivity contribution is 0.320. The number of hydrogen-bond donors (Lipinski definition) is 0. The van der Waals surface area contributed by atoms with Gasteiger partial charge in [-0.3, -0.25) is 0 Å². The molecular weight excluding hydrogens is 388 g/mol. The Hall–Kier alpha value is -1.34. The highest BCUT2D eigenvalue weighted by Crippen LogP contribution is 2.38. The second-order valence-electron chi connectivity index (χ2n) is 10.8. The highest BCUT2D eigenvalue weighted by Gasteiger charge is 2.46. The minimum Gasteiger partial charge on any atom is -0.367 e. The van der Waals surface area contributed by atoms with E-state index in [2.05, 4.69) is 79.3 Å². The van der Waals surface area contributed by atoms with Crippen LogP contribution in [0.1, 0.15) is 119 Å². The largest absolute Gasteiger partial charge is 0.367 e. The SMILES string of the molecule is C=C/C(=C\CC/C(C)=C/CC/C=C(\C)CC/C=C(\C)CC[C@@H]1OC1(C)C)CCCC(C)C. The van der Waals surface area contributed by atoms with Gasteiger partial charge in [-0.15, -0.1) is 0 Å². The van der Waals surface area contributed by atoms with Crippen molar-refractivity contribution in [1.29, 1.82) is 0 Å². The van der Waals surface area contributed by atoms with Gasteiger partial charge in [0.25, 0.3) is 0 Å². The highest BCUT2D eigenvalue weighted by molar-refractivity contribution is 5.16. The van der Waals surface area contributed by atoms with Gasteiger partial charge in [-0.25, -0.2) is 0 Å². The van der Waals surface area contributed by atoms with Crippen LogP contribution in [0.15, 0.2) is 59.3 Å². The standard InChI is InChI=1S/C31H52O/c1-9-29(21-12-15-25(2)3)22-14-20-27(5)17-11-10-16-26(4)18-13-19-28(6)23-24-30-31(7,8)32-30/h9,16-17,19,22,25,30H,1,10-15,18,20-21,23-24H2,2-8H3/b26-16+,27-17+,28-19+,29-22+/t30-/m0/s1. The molecule has 1 saturated heterocycles. The molecule has 0 unspecified atom stereocenters. The second kappa shape index (κ2) is 15.5. The van der Waals surface area contributed by atoms with Crippen LogP contribution in [0.3, 0.4) is 0 Å². The van der Waals surface area contributed by atoms with E-state index in [-0.39, 0.29) is 5.60 Å². The van der Waals surface area contributed by atoms with Crippen molar-refractivity contribution in [2.75, 3.05) is 0 Å². The third-order valence-corrected chi connectivity index (χ3v) is 6.60. The molecule has 1 nitrogen and oxygen atoms in total. The fourth-order valence-corrected chi connectivity index (χ4v) is 4.10. The van der Waals surface area contributed by atoms with Gasteiger partial charge in [-0.2, -0.15) is 0 Å². The Bertz CT molecular complexity index is 669. The van der Waals surface area contributed by atoms with Gasteiger partial charge >= 0.3 is 0 Å². The van der Waals surface area contributed by atoms with Crippen LogP contribution in [-0.4, -0.2) is 11.7 Å². The summed E-state index contributed by atoms with van der Waals surface area (Å²) in [5, 5.41) is 0. The molecule has 1 aliphatic heterocycles. The lowest BCUT2D eigenvalue weighted by Crippen LogP contribution is -2.02. The van der Waals surface area contributed by atoms with Gasteiger partial charge in [0.1, 0.15) is 0 Å². The molecule has 182 valence electrons. The van der Waals surface area contributed by atoms with E-state index in [0.29, 0.717) is 6.10 Å².